The summed E-state index contributed by atoms with van der Waals surface area (Å²) in [5.41, 5.74) is 0.694. The third-order valence-electron chi connectivity index (χ3n) is 4.80. The summed E-state index contributed by atoms with van der Waals surface area (Å²) in [4.78, 5) is 0. The van der Waals surface area contributed by atoms with E-state index in [1.165, 1.54) is 12.8 Å². The fourth-order valence-electron chi connectivity index (χ4n) is 2.90. The van der Waals surface area contributed by atoms with Gasteiger partial charge in [-0.15, -0.1) is 0 Å². The summed E-state index contributed by atoms with van der Waals surface area (Å²) in [6.45, 7) is 12.7. The Morgan fingerprint density at radius 1 is 1.47 bits per heavy atom. The van der Waals surface area contributed by atoms with Crippen molar-refractivity contribution in [3.8, 4) is 0 Å². The van der Waals surface area contributed by atoms with Crippen molar-refractivity contribution >= 4 is 0 Å². The van der Waals surface area contributed by atoms with Crippen molar-refractivity contribution in [3.05, 3.63) is 0 Å². The summed E-state index contributed by atoms with van der Waals surface area (Å²) in [5.74, 6) is 1.56. The van der Waals surface area contributed by atoms with Gasteiger partial charge in [-0.3, -0.25) is 0 Å². The predicted octanol–water partition coefficient (Wildman–Crippen LogP) is 2.40. The van der Waals surface area contributed by atoms with Gasteiger partial charge in [-0.05, 0) is 52.1 Å². The number of nitrogens with one attached hydrogen (secondary N) is 2. The molecule has 2 nitrogen and oxygen atoms in total. The van der Waals surface area contributed by atoms with Gasteiger partial charge in [0.25, 0.3) is 0 Å². The van der Waals surface area contributed by atoms with E-state index >= 15 is 0 Å². The van der Waals surface area contributed by atoms with E-state index in [1.807, 2.05) is 0 Å². The lowest BCUT2D eigenvalue weighted by molar-refractivity contribution is 0.212. The fourth-order valence-corrected chi connectivity index (χ4v) is 2.90. The van der Waals surface area contributed by atoms with Crippen LogP contribution in [0.3, 0.4) is 0 Å². The van der Waals surface area contributed by atoms with Crippen molar-refractivity contribution in [1.82, 2.24) is 10.6 Å². The van der Waals surface area contributed by atoms with Crippen LogP contribution in [0.15, 0.2) is 0 Å². The van der Waals surface area contributed by atoms with Gasteiger partial charge >= 0.3 is 0 Å². The second-order valence-electron chi connectivity index (χ2n) is 5.57. The second kappa shape index (κ2) is 4.42. The largest absolute Gasteiger partial charge is 0.314 e. The van der Waals surface area contributed by atoms with Gasteiger partial charge < -0.3 is 10.6 Å². The zero-order valence-corrected chi connectivity index (χ0v) is 11.3. The highest BCUT2D eigenvalue weighted by molar-refractivity contribution is 5.12. The molecule has 0 amide bonds. The van der Waals surface area contributed by atoms with Crippen LogP contribution < -0.4 is 10.6 Å². The van der Waals surface area contributed by atoms with Gasteiger partial charge in [0.1, 0.15) is 0 Å². The summed E-state index contributed by atoms with van der Waals surface area (Å²) < 4.78 is 0. The molecule has 0 aromatic carbocycles. The van der Waals surface area contributed by atoms with Gasteiger partial charge in [0, 0.05) is 11.1 Å². The molecule has 15 heavy (non-hydrogen) atoms. The van der Waals surface area contributed by atoms with E-state index in [2.05, 4.69) is 52.3 Å². The molecule has 4 atom stereocenters. The van der Waals surface area contributed by atoms with Crippen molar-refractivity contribution in [2.75, 3.05) is 13.6 Å². The average molecular weight is 212 g/mol. The molecule has 1 unspecified atom stereocenters. The maximum Gasteiger partial charge on any atom is 0.0188 e. The van der Waals surface area contributed by atoms with E-state index < -0.39 is 0 Å². The van der Waals surface area contributed by atoms with Crippen molar-refractivity contribution in [2.45, 2.75) is 58.5 Å². The smallest absolute Gasteiger partial charge is 0.0188 e. The van der Waals surface area contributed by atoms with Gasteiger partial charge in [-0.25, -0.2) is 0 Å². The highest BCUT2D eigenvalue weighted by Gasteiger charge is 2.55. The van der Waals surface area contributed by atoms with E-state index in [-0.39, 0.29) is 5.54 Å². The normalized spacial score (nSPS) is 36.0. The van der Waals surface area contributed by atoms with Crippen LogP contribution in [0.5, 0.6) is 0 Å². The minimum Gasteiger partial charge on any atom is -0.314 e. The molecule has 2 N–H and O–H groups in total. The zero-order chi connectivity index (χ0) is 11.7. The first-order valence-electron chi connectivity index (χ1n) is 6.37. The van der Waals surface area contributed by atoms with E-state index in [0.29, 0.717) is 5.54 Å². The molecule has 0 bridgehead atoms. The van der Waals surface area contributed by atoms with E-state index in [1.54, 1.807) is 0 Å². The van der Waals surface area contributed by atoms with Crippen molar-refractivity contribution < 1.29 is 0 Å². The summed E-state index contributed by atoms with van der Waals surface area (Å²) >= 11 is 0. The average Bonchev–Trinajstić information content (AvgIpc) is 2.88. The number of rotatable bonds is 6. The Morgan fingerprint density at radius 3 is 2.47 bits per heavy atom. The maximum absolute atomic E-state index is 3.62. The van der Waals surface area contributed by atoms with E-state index in [4.69, 9.17) is 0 Å². The zero-order valence-electron chi connectivity index (χ0n) is 11.3. The third kappa shape index (κ3) is 2.36. The molecule has 0 spiro atoms. The standard InChI is InChI=1S/C13H28N2/c1-7-12(4,14-6)10(3)11-9-13(11,5)15-8-2/h10-11,14-15H,7-9H2,1-6H3/t10?,11-,12-,13+/m1/s1. The summed E-state index contributed by atoms with van der Waals surface area (Å²) in [5, 5.41) is 7.12. The summed E-state index contributed by atoms with van der Waals surface area (Å²) in [6, 6.07) is 0. The molecule has 0 aromatic heterocycles. The lowest BCUT2D eigenvalue weighted by Gasteiger charge is -2.36. The minimum absolute atomic E-state index is 0.290. The summed E-state index contributed by atoms with van der Waals surface area (Å²) in [7, 11) is 2.09. The first-order chi connectivity index (χ1) is 6.93. The van der Waals surface area contributed by atoms with Crippen LogP contribution in [0.1, 0.15) is 47.5 Å². The molecule has 0 aromatic rings. The molecule has 1 saturated carbocycles. The molecule has 1 fully saturated rings. The minimum atomic E-state index is 0.290. The van der Waals surface area contributed by atoms with Gasteiger partial charge in [-0.1, -0.05) is 20.8 Å². The molecule has 1 aliphatic rings. The van der Waals surface area contributed by atoms with Crippen molar-refractivity contribution in [3.63, 3.8) is 0 Å². The summed E-state index contributed by atoms with van der Waals surface area (Å²) in [6.07, 6.45) is 2.53. The molecule has 90 valence electrons. The second-order valence-corrected chi connectivity index (χ2v) is 5.57. The van der Waals surface area contributed by atoms with Crippen molar-refractivity contribution in [2.24, 2.45) is 11.8 Å². The highest BCUT2D eigenvalue weighted by atomic mass is 15.0. The van der Waals surface area contributed by atoms with Crippen LogP contribution in [0.2, 0.25) is 0 Å². The van der Waals surface area contributed by atoms with Crippen molar-refractivity contribution in [1.29, 1.82) is 0 Å². The van der Waals surface area contributed by atoms with Gasteiger partial charge in [0.05, 0.1) is 0 Å². The molecule has 0 aliphatic heterocycles. The van der Waals surface area contributed by atoms with Crippen LogP contribution in [0.25, 0.3) is 0 Å². The van der Waals surface area contributed by atoms with E-state index in [9.17, 15) is 0 Å². The Hall–Kier alpha value is -0.0800. The molecule has 0 heterocycles. The third-order valence-corrected chi connectivity index (χ3v) is 4.80. The molecular formula is C13H28N2. The monoisotopic (exact) mass is 212 g/mol. The molecule has 1 aliphatic carbocycles. The number of hydrogen-bond acceptors (Lipinski definition) is 2. The fraction of sp³-hybridized carbons (Fsp3) is 1.00. The van der Waals surface area contributed by atoms with Gasteiger partial charge in [-0.2, -0.15) is 0 Å². The quantitative estimate of drug-likeness (QED) is 0.706. The first kappa shape index (κ1) is 13.0. The van der Waals surface area contributed by atoms with Gasteiger partial charge in [0.15, 0.2) is 0 Å². The van der Waals surface area contributed by atoms with E-state index in [0.717, 1.165) is 18.4 Å². The SMILES string of the molecule is CCN[C@@]1(C)C[C@@H]1C(C)[C@@](C)(CC)NC. The highest BCUT2D eigenvalue weighted by Crippen LogP contribution is 2.51. The maximum atomic E-state index is 3.62. The van der Waals surface area contributed by atoms with Crippen LogP contribution in [0.4, 0.5) is 0 Å². The van der Waals surface area contributed by atoms with Crippen LogP contribution in [0, 0.1) is 11.8 Å². The van der Waals surface area contributed by atoms with Crippen LogP contribution in [-0.4, -0.2) is 24.7 Å². The molecule has 2 heteroatoms. The van der Waals surface area contributed by atoms with Gasteiger partial charge in [0.2, 0.25) is 0 Å². The van der Waals surface area contributed by atoms with Crippen LogP contribution in [-0.2, 0) is 0 Å². The molecular weight excluding hydrogens is 184 g/mol. The Bertz CT molecular complexity index is 211. The Morgan fingerprint density at radius 2 is 2.07 bits per heavy atom. The predicted molar refractivity (Wildman–Crippen MR) is 67.1 cm³/mol. The Balaban J connectivity index is 2.60. The Labute approximate surface area is 95.2 Å². The molecule has 0 radical (unpaired) electrons. The lowest BCUT2D eigenvalue weighted by Crippen LogP contribution is -2.48. The topological polar surface area (TPSA) is 24.1 Å². The molecule has 1 rings (SSSR count). The first-order valence-corrected chi connectivity index (χ1v) is 6.37. The number of hydrogen-bond donors (Lipinski definition) is 2. The van der Waals surface area contributed by atoms with Crippen LogP contribution >= 0.6 is 0 Å². The Kier molecular flexibility index (Phi) is 3.83. The molecule has 0 saturated heterocycles. The lowest BCUT2D eigenvalue weighted by atomic mass is 9.80.